The molecule has 1 N–H and O–H groups in total. The van der Waals surface area contributed by atoms with Crippen molar-refractivity contribution in [2.24, 2.45) is 5.41 Å². The van der Waals surface area contributed by atoms with E-state index in [1.54, 1.807) is 0 Å². The Labute approximate surface area is 110 Å². The smallest absolute Gasteiger partial charge is 0.230 e. The monoisotopic (exact) mass is 254 g/mol. The molecule has 0 aromatic carbocycles. The zero-order chi connectivity index (χ0) is 13.2. The number of amides is 1. The number of piperidine rings is 1. The summed E-state index contributed by atoms with van der Waals surface area (Å²) in [5.74, 6) is 0.325. The molecule has 1 atom stereocenters. The molecule has 1 amide bonds. The van der Waals surface area contributed by atoms with Gasteiger partial charge in [-0.15, -0.1) is 0 Å². The van der Waals surface area contributed by atoms with Gasteiger partial charge in [-0.2, -0.15) is 0 Å². The lowest BCUT2D eigenvalue weighted by molar-refractivity contribution is -0.158. The number of nitrogens with one attached hydrogen (secondary N) is 1. The van der Waals surface area contributed by atoms with Gasteiger partial charge in [0.15, 0.2) is 0 Å². The van der Waals surface area contributed by atoms with Crippen molar-refractivity contribution >= 4 is 5.91 Å². The number of ether oxygens (including phenoxy) is 1. The number of carbonyl (C=O) groups excluding carboxylic acids is 1. The summed E-state index contributed by atoms with van der Waals surface area (Å²) < 4.78 is 5.51. The topological polar surface area (TPSA) is 41.6 Å². The molecule has 2 aliphatic heterocycles. The van der Waals surface area contributed by atoms with Gasteiger partial charge in [0, 0.05) is 13.1 Å². The first kappa shape index (κ1) is 13.8. The van der Waals surface area contributed by atoms with Crippen molar-refractivity contribution in [1.29, 1.82) is 0 Å². The summed E-state index contributed by atoms with van der Waals surface area (Å²) in [6.45, 7) is 10.3. The molecule has 0 aromatic rings. The number of carbonyl (C=O) groups is 1. The summed E-state index contributed by atoms with van der Waals surface area (Å²) >= 11 is 0. The van der Waals surface area contributed by atoms with Gasteiger partial charge in [-0.3, -0.25) is 4.79 Å². The Bertz CT molecular complexity index is 309. The van der Waals surface area contributed by atoms with Gasteiger partial charge < -0.3 is 15.0 Å². The lowest BCUT2D eigenvalue weighted by atomic mass is 9.76. The van der Waals surface area contributed by atoms with Gasteiger partial charge in [-0.05, 0) is 39.7 Å². The molecule has 0 aromatic heterocycles. The van der Waals surface area contributed by atoms with Crippen molar-refractivity contribution < 1.29 is 9.53 Å². The Hall–Kier alpha value is -0.610. The maximum Gasteiger partial charge on any atom is 0.230 e. The van der Waals surface area contributed by atoms with E-state index in [0.29, 0.717) is 19.1 Å². The van der Waals surface area contributed by atoms with Crippen LogP contribution in [0.15, 0.2) is 0 Å². The van der Waals surface area contributed by atoms with Crippen LogP contribution in [0.5, 0.6) is 0 Å². The molecule has 2 saturated heterocycles. The van der Waals surface area contributed by atoms with Crippen molar-refractivity contribution in [3.05, 3.63) is 0 Å². The maximum atomic E-state index is 13.0. The molecule has 0 bridgehead atoms. The molecule has 4 heteroatoms. The highest BCUT2D eigenvalue weighted by atomic mass is 16.5. The second-order valence-electron chi connectivity index (χ2n) is 6.24. The van der Waals surface area contributed by atoms with Crippen LogP contribution in [0.25, 0.3) is 0 Å². The quantitative estimate of drug-likeness (QED) is 0.810. The molecule has 4 nitrogen and oxygen atoms in total. The average Bonchev–Trinajstić information content (AvgIpc) is 2.38. The van der Waals surface area contributed by atoms with Crippen molar-refractivity contribution in [3.8, 4) is 0 Å². The standard InChI is InChI=1S/C14H26N2O2/c1-4-14(6-5-7-15-10-14)12(17)16-8-9-18-11-13(16,2)3/h15H,4-11H2,1-3H3. The molecule has 2 aliphatic rings. The van der Waals surface area contributed by atoms with Crippen molar-refractivity contribution in [3.63, 3.8) is 0 Å². The zero-order valence-corrected chi connectivity index (χ0v) is 11.9. The minimum absolute atomic E-state index is 0.172. The van der Waals surface area contributed by atoms with Crippen LogP contribution in [0.1, 0.15) is 40.0 Å². The van der Waals surface area contributed by atoms with Crippen molar-refractivity contribution in [1.82, 2.24) is 10.2 Å². The first-order valence-corrected chi connectivity index (χ1v) is 7.12. The number of hydrogen-bond acceptors (Lipinski definition) is 3. The third kappa shape index (κ3) is 2.41. The van der Waals surface area contributed by atoms with Crippen LogP contribution in [-0.2, 0) is 9.53 Å². The zero-order valence-electron chi connectivity index (χ0n) is 11.9. The Morgan fingerprint density at radius 3 is 2.78 bits per heavy atom. The van der Waals surface area contributed by atoms with Gasteiger partial charge in [0.2, 0.25) is 5.91 Å². The molecule has 2 heterocycles. The molecular formula is C14H26N2O2. The summed E-state index contributed by atoms with van der Waals surface area (Å²) in [6.07, 6.45) is 3.04. The highest BCUT2D eigenvalue weighted by Crippen LogP contribution is 2.35. The molecule has 0 saturated carbocycles. The fourth-order valence-electron chi connectivity index (χ4n) is 3.12. The van der Waals surface area contributed by atoms with E-state index in [9.17, 15) is 4.79 Å². The average molecular weight is 254 g/mol. The second kappa shape index (κ2) is 5.17. The van der Waals surface area contributed by atoms with Crippen LogP contribution in [0, 0.1) is 5.41 Å². The molecule has 2 rings (SSSR count). The lowest BCUT2D eigenvalue weighted by Crippen LogP contribution is -2.61. The summed E-state index contributed by atoms with van der Waals surface area (Å²) in [4.78, 5) is 15.0. The third-order valence-corrected chi connectivity index (χ3v) is 4.49. The Morgan fingerprint density at radius 1 is 1.44 bits per heavy atom. The van der Waals surface area contributed by atoms with Gasteiger partial charge in [-0.25, -0.2) is 0 Å². The highest BCUT2D eigenvalue weighted by molar-refractivity contribution is 5.84. The van der Waals surface area contributed by atoms with Crippen LogP contribution >= 0.6 is 0 Å². The minimum Gasteiger partial charge on any atom is -0.377 e. The van der Waals surface area contributed by atoms with Crippen LogP contribution in [0.4, 0.5) is 0 Å². The molecule has 0 aliphatic carbocycles. The predicted octanol–water partition coefficient (Wildman–Crippen LogP) is 1.40. The summed E-state index contributed by atoms with van der Waals surface area (Å²) in [7, 11) is 0. The van der Waals surface area contributed by atoms with Crippen LogP contribution in [-0.4, -0.2) is 49.2 Å². The van der Waals surface area contributed by atoms with Gasteiger partial charge in [0.05, 0.1) is 24.2 Å². The molecule has 1 unspecified atom stereocenters. The number of nitrogens with zero attached hydrogens (tertiary/aromatic N) is 1. The molecule has 18 heavy (non-hydrogen) atoms. The number of hydrogen-bond donors (Lipinski definition) is 1. The van der Waals surface area contributed by atoms with E-state index in [1.165, 1.54) is 0 Å². The van der Waals surface area contributed by atoms with Crippen LogP contribution < -0.4 is 5.32 Å². The van der Waals surface area contributed by atoms with E-state index < -0.39 is 0 Å². The summed E-state index contributed by atoms with van der Waals surface area (Å²) in [6, 6.07) is 0. The number of rotatable bonds is 2. The van der Waals surface area contributed by atoms with E-state index in [-0.39, 0.29) is 11.0 Å². The Morgan fingerprint density at radius 2 is 2.22 bits per heavy atom. The molecule has 2 fully saturated rings. The van der Waals surface area contributed by atoms with Gasteiger partial charge in [0.25, 0.3) is 0 Å². The van der Waals surface area contributed by atoms with Crippen LogP contribution in [0.2, 0.25) is 0 Å². The van der Waals surface area contributed by atoms with Gasteiger partial charge in [0.1, 0.15) is 0 Å². The predicted molar refractivity (Wildman–Crippen MR) is 71.4 cm³/mol. The second-order valence-corrected chi connectivity index (χ2v) is 6.24. The molecule has 104 valence electrons. The highest BCUT2D eigenvalue weighted by Gasteiger charge is 2.45. The largest absolute Gasteiger partial charge is 0.377 e. The fourth-order valence-corrected chi connectivity index (χ4v) is 3.12. The molecule has 0 radical (unpaired) electrons. The fraction of sp³-hybridized carbons (Fsp3) is 0.929. The van der Waals surface area contributed by atoms with E-state index in [0.717, 1.165) is 38.9 Å². The summed E-state index contributed by atoms with van der Waals surface area (Å²) in [5.41, 5.74) is -0.359. The lowest BCUT2D eigenvalue weighted by Gasteiger charge is -2.48. The van der Waals surface area contributed by atoms with E-state index >= 15 is 0 Å². The summed E-state index contributed by atoms with van der Waals surface area (Å²) in [5, 5.41) is 3.40. The minimum atomic E-state index is -0.188. The van der Waals surface area contributed by atoms with Crippen molar-refractivity contribution in [2.45, 2.75) is 45.6 Å². The van der Waals surface area contributed by atoms with Crippen LogP contribution in [0.3, 0.4) is 0 Å². The molecule has 0 spiro atoms. The first-order chi connectivity index (χ1) is 8.52. The van der Waals surface area contributed by atoms with Crippen molar-refractivity contribution in [2.75, 3.05) is 32.8 Å². The van der Waals surface area contributed by atoms with Gasteiger partial charge in [-0.1, -0.05) is 6.92 Å². The van der Waals surface area contributed by atoms with Gasteiger partial charge >= 0.3 is 0 Å². The Balaban J connectivity index is 2.17. The maximum absolute atomic E-state index is 13.0. The number of morpholine rings is 1. The van der Waals surface area contributed by atoms with E-state index in [2.05, 4.69) is 26.1 Å². The Kier molecular flexibility index (Phi) is 3.97. The molecular weight excluding hydrogens is 228 g/mol. The SMILES string of the molecule is CCC1(C(=O)N2CCOCC2(C)C)CCCNC1. The van der Waals surface area contributed by atoms with E-state index in [1.807, 2.05) is 4.90 Å². The first-order valence-electron chi connectivity index (χ1n) is 7.12. The normalized spacial score (nSPS) is 32.3. The third-order valence-electron chi connectivity index (χ3n) is 4.49. The van der Waals surface area contributed by atoms with E-state index in [4.69, 9.17) is 4.74 Å².